The Hall–Kier alpha value is -3.81. The van der Waals surface area contributed by atoms with Crippen LogP contribution in [-0.2, 0) is 6.18 Å². The Morgan fingerprint density at radius 2 is 1.55 bits per heavy atom. The minimum absolute atomic E-state index is 0.0743. The van der Waals surface area contributed by atoms with Crippen LogP contribution < -0.4 is 10.6 Å². The number of hydrogen-bond donors (Lipinski definition) is 2. The lowest BCUT2D eigenvalue weighted by atomic mass is 9.86. The second-order valence-electron chi connectivity index (χ2n) is 7.15. The molecule has 0 heterocycles. The van der Waals surface area contributed by atoms with E-state index in [1.54, 1.807) is 42.5 Å². The summed E-state index contributed by atoms with van der Waals surface area (Å²) in [4.78, 5) is 0. The van der Waals surface area contributed by atoms with Crippen LogP contribution in [0.15, 0.2) is 83.1 Å². The van der Waals surface area contributed by atoms with Crippen molar-refractivity contribution in [1.82, 2.24) is 0 Å². The first-order valence-electron chi connectivity index (χ1n) is 10.3. The summed E-state index contributed by atoms with van der Waals surface area (Å²) in [7, 11) is 0. The first-order valence-corrected chi connectivity index (χ1v) is 10.3. The van der Waals surface area contributed by atoms with Gasteiger partial charge in [0.05, 0.1) is 12.1 Å². The first-order chi connectivity index (χ1) is 15.8. The van der Waals surface area contributed by atoms with E-state index >= 15 is 0 Å². The monoisotopic (exact) mass is 455 g/mol. The van der Waals surface area contributed by atoms with Crippen LogP contribution in [0.1, 0.15) is 35.6 Å². The third-order valence-electron chi connectivity index (χ3n) is 5.05. The van der Waals surface area contributed by atoms with Gasteiger partial charge in [0.25, 0.3) is 0 Å². The third kappa shape index (κ3) is 5.91. The average Bonchev–Trinajstić information content (AvgIpc) is 2.81. The van der Waals surface area contributed by atoms with Gasteiger partial charge in [-0.2, -0.15) is 18.3 Å². The predicted molar refractivity (Wildman–Crippen MR) is 122 cm³/mol. The molecule has 0 amide bonds. The van der Waals surface area contributed by atoms with E-state index in [0.29, 0.717) is 42.0 Å². The topological polar surface area (TPSA) is 80.2 Å². The minimum atomic E-state index is -4.49. The highest BCUT2D eigenvalue weighted by atomic mass is 19.4. The molecule has 5 nitrogen and oxygen atoms in total. The van der Waals surface area contributed by atoms with Gasteiger partial charge in [0, 0.05) is 0 Å². The molecule has 0 atom stereocenters. The molecule has 3 aromatic rings. The van der Waals surface area contributed by atoms with Gasteiger partial charge in [-0.25, -0.2) is 0 Å². The summed E-state index contributed by atoms with van der Waals surface area (Å²) in [6.45, 7) is 2.43. The molecule has 0 saturated carbocycles. The van der Waals surface area contributed by atoms with Gasteiger partial charge in [0.2, 0.25) is 0 Å². The zero-order chi connectivity index (χ0) is 23.8. The van der Waals surface area contributed by atoms with Crippen molar-refractivity contribution >= 4 is 11.1 Å². The zero-order valence-corrected chi connectivity index (χ0v) is 18.0. The molecule has 0 spiro atoms. The molecule has 0 aliphatic rings. The maximum atomic E-state index is 13.8. The Bertz CT molecular complexity index is 1120. The summed E-state index contributed by atoms with van der Waals surface area (Å²) in [5.41, 5.74) is 2.06. The van der Waals surface area contributed by atoms with E-state index in [1.807, 2.05) is 6.92 Å². The van der Waals surface area contributed by atoms with Gasteiger partial charge in [-0.3, -0.25) is 0 Å². The number of phenolic OH excluding ortho intramolecular Hbond substituents is 1. The molecule has 0 saturated heterocycles. The molecule has 0 radical (unpaired) electrons. The number of halogens is 3. The highest BCUT2D eigenvalue weighted by Crippen LogP contribution is 2.41. The number of rotatable bonds is 8. The smallest absolute Gasteiger partial charge is 0.416 e. The summed E-state index contributed by atoms with van der Waals surface area (Å²) in [6.07, 6.45) is -4.12. The molecule has 0 aromatic heterocycles. The van der Waals surface area contributed by atoms with Gasteiger partial charge in [-0.1, -0.05) is 54.6 Å². The maximum absolute atomic E-state index is 13.8. The number of nitrogens with zero attached hydrogens (tertiary/aromatic N) is 2. The van der Waals surface area contributed by atoms with E-state index in [-0.39, 0.29) is 11.3 Å². The molecule has 0 aliphatic heterocycles. The van der Waals surface area contributed by atoms with Crippen molar-refractivity contribution in [1.29, 1.82) is 0 Å². The Balaban J connectivity index is 2.14. The molecule has 33 heavy (non-hydrogen) atoms. The highest BCUT2D eigenvalue weighted by molar-refractivity contribution is 5.99. The molecule has 3 N–H and O–H groups in total. The molecule has 172 valence electrons. The van der Waals surface area contributed by atoms with Gasteiger partial charge in [0.15, 0.2) is 0 Å². The van der Waals surface area contributed by atoms with Crippen LogP contribution in [-0.4, -0.2) is 18.3 Å². The normalized spacial score (nSPS) is 12.6. The van der Waals surface area contributed by atoms with Crippen LogP contribution in [0.3, 0.4) is 0 Å². The average molecular weight is 455 g/mol. The van der Waals surface area contributed by atoms with E-state index in [4.69, 9.17) is 10.6 Å². The second kappa shape index (κ2) is 10.7. The predicted octanol–water partition coefficient (Wildman–Crippen LogP) is 6.48. The minimum Gasteiger partial charge on any atom is -0.508 e. The van der Waals surface area contributed by atoms with Crippen molar-refractivity contribution < 1.29 is 23.0 Å². The fourth-order valence-corrected chi connectivity index (χ4v) is 3.62. The molecule has 3 aromatic carbocycles. The summed E-state index contributed by atoms with van der Waals surface area (Å²) in [6, 6.07) is 19.1. The number of phenols is 1. The Morgan fingerprint density at radius 1 is 0.939 bits per heavy atom. The fourth-order valence-electron chi connectivity index (χ4n) is 3.62. The van der Waals surface area contributed by atoms with Crippen LogP contribution in [0.25, 0.3) is 11.1 Å². The number of allylic oxidation sites excluding steroid dienone is 1. The largest absolute Gasteiger partial charge is 0.508 e. The Kier molecular flexibility index (Phi) is 7.71. The van der Waals surface area contributed by atoms with Gasteiger partial charge in [0.1, 0.15) is 18.1 Å². The van der Waals surface area contributed by atoms with Crippen molar-refractivity contribution in [2.24, 2.45) is 16.2 Å². The van der Waals surface area contributed by atoms with E-state index in [9.17, 15) is 18.3 Å². The fraction of sp³-hybridized carbons (Fsp3) is 0.200. The summed E-state index contributed by atoms with van der Waals surface area (Å²) in [5, 5.41) is 16.5. The van der Waals surface area contributed by atoms with E-state index in [2.05, 4.69) is 10.3 Å². The van der Waals surface area contributed by atoms with Crippen molar-refractivity contribution in [2.45, 2.75) is 19.5 Å². The lowest BCUT2D eigenvalue weighted by molar-refractivity contribution is -0.137. The standard InChI is InChI=1S/C25H24F3N3O2/c1-2-21(22-5-3-4-6-23(22)25(26,27)28)24(17-7-11-19(32)12-8-17)18-9-13-20(14-10-18)33-16-15-30-31-29/h3-14,32H,2,15-16H2,1H3,(H2,29,30)/b24-21-. The number of alkyl halides is 3. The van der Waals surface area contributed by atoms with E-state index in [0.717, 1.165) is 11.6 Å². The molecule has 0 bridgehead atoms. The van der Waals surface area contributed by atoms with Crippen LogP contribution in [0.4, 0.5) is 13.2 Å². The van der Waals surface area contributed by atoms with Crippen molar-refractivity contribution in [3.63, 3.8) is 0 Å². The number of hydrogen-bond acceptors (Lipinski definition) is 4. The molecular weight excluding hydrogens is 431 g/mol. The molecular formula is C25H24F3N3O2. The second-order valence-corrected chi connectivity index (χ2v) is 7.15. The first kappa shape index (κ1) is 23.8. The third-order valence-corrected chi connectivity index (χ3v) is 5.05. The SMILES string of the molecule is CC/C(=C(\c1ccc(O)cc1)c1ccc(OCCN=NN)cc1)c1ccccc1C(F)(F)F. The molecule has 0 fully saturated rings. The summed E-state index contributed by atoms with van der Waals surface area (Å²) in [5.74, 6) is 5.63. The van der Waals surface area contributed by atoms with E-state index < -0.39 is 11.7 Å². The van der Waals surface area contributed by atoms with Crippen LogP contribution in [0, 0.1) is 0 Å². The van der Waals surface area contributed by atoms with Crippen molar-refractivity contribution in [3.8, 4) is 11.5 Å². The number of benzene rings is 3. The lowest BCUT2D eigenvalue weighted by Gasteiger charge is -2.20. The summed E-state index contributed by atoms with van der Waals surface area (Å²) < 4.78 is 47.0. The molecule has 3 rings (SSSR count). The molecule has 0 unspecified atom stereocenters. The summed E-state index contributed by atoms with van der Waals surface area (Å²) >= 11 is 0. The Morgan fingerprint density at radius 3 is 2.12 bits per heavy atom. The molecule has 8 heteroatoms. The quantitative estimate of drug-likeness (QED) is 0.134. The van der Waals surface area contributed by atoms with E-state index in [1.165, 1.54) is 24.3 Å². The van der Waals surface area contributed by atoms with Gasteiger partial charge >= 0.3 is 6.18 Å². The number of aromatic hydroxyl groups is 1. The van der Waals surface area contributed by atoms with Crippen LogP contribution in [0.2, 0.25) is 0 Å². The van der Waals surface area contributed by atoms with Crippen molar-refractivity contribution in [2.75, 3.05) is 13.2 Å². The van der Waals surface area contributed by atoms with Gasteiger partial charge in [-0.15, -0.1) is 0 Å². The van der Waals surface area contributed by atoms with Gasteiger partial charge < -0.3 is 15.7 Å². The van der Waals surface area contributed by atoms with Crippen LogP contribution in [0.5, 0.6) is 11.5 Å². The highest BCUT2D eigenvalue weighted by Gasteiger charge is 2.34. The lowest BCUT2D eigenvalue weighted by Crippen LogP contribution is -2.09. The van der Waals surface area contributed by atoms with Crippen molar-refractivity contribution in [3.05, 3.63) is 95.1 Å². The molecule has 0 aliphatic carbocycles. The maximum Gasteiger partial charge on any atom is 0.416 e. The number of nitrogens with two attached hydrogens (primary N) is 1. The van der Waals surface area contributed by atoms with Gasteiger partial charge in [-0.05, 0) is 64.6 Å². The van der Waals surface area contributed by atoms with Crippen LogP contribution >= 0.6 is 0 Å². The zero-order valence-electron chi connectivity index (χ0n) is 18.0. The number of ether oxygens (including phenoxy) is 1. The Labute approximate surface area is 190 Å².